The van der Waals surface area contributed by atoms with Crippen LogP contribution >= 0.6 is 0 Å². The molecule has 0 saturated heterocycles. The lowest BCUT2D eigenvalue weighted by atomic mass is 10.1. The van der Waals surface area contributed by atoms with Crippen molar-refractivity contribution in [1.82, 2.24) is 4.98 Å². The topological polar surface area (TPSA) is 12.9 Å². The van der Waals surface area contributed by atoms with Crippen LogP contribution in [0.4, 0.5) is 0 Å². The van der Waals surface area contributed by atoms with E-state index in [4.69, 9.17) is 0 Å². The van der Waals surface area contributed by atoms with Gasteiger partial charge in [-0.1, -0.05) is 24.3 Å². The van der Waals surface area contributed by atoms with E-state index in [1.54, 1.807) is 0 Å². The molecule has 0 unspecified atom stereocenters. The molecule has 1 heteroatoms. The summed E-state index contributed by atoms with van der Waals surface area (Å²) in [4.78, 5) is 4.32. The van der Waals surface area contributed by atoms with Crippen molar-refractivity contribution in [2.24, 2.45) is 0 Å². The van der Waals surface area contributed by atoms with Crippen LogP contribution in [0.15, 0.2) is 36.6 Å². The summed E-state index contributed by atoms with van der Waals surface area (Å²) in [7, 11) is 0. The summed E-state index contributed by atoms with van der Waals surface area (Å²) < 4.78 is 0. The van der Waals surface area contributed by atoms with E-state index >= 15 is 0 Å². The molecule has 0 aliphatic rings. The van der Waals surface area contributed by atoms with E-state index in [1.807, 2.05) is 19.2 Å². The van der Waals surface area contributed by atoms with Gasteiger partial charge in [-0.2, -0.15) is 0 Å². The summed E-state index contributed by atoms with van der Waals surface area (Å²) in [5.74, 6) is 0. The Morgan fingerprint density at radius 1 is 1.46 bits per heavy atom. The van der Waals surface area contributed by atoms with E-state index in [9.17, 15) is 0 Å². The van der Waals surface area contributed by atoms with E-state index in [0.717, 1.165) is 11.3 Å². The lowest BCUT2D eigenvalue weighted by Gasteiger charge is -2.03. The van der Waals surface area contributed by atoms with E-state index in [0.29, 0.717) is 0 Å². The zero-order chi connectivity index (χ0) is 9.84. The van der Waals surface area contributed by atoms with Crippen LogP contribution in [0, 0.1) is 6.92 Å². The fourth-order valence-electron chi connectivity index (χ4n) is 1.34. The third kappa shape index (κ3) is 2.55. The molecule has 0 saturated carbocycles. The van der Waals surface area contributed by atoms with E-state index in [-0.39, 0.29) is 0 Å². The van der Waals surface area contributed by atoms with Crippen molar-refractivity contribution in [2.45, 2.75) is 20.8 Å². The van der Waals surface area contributed by atoms with Crippen LogP contribution in [-0.4, -0.2) is 4.98 Å². The van der Waals surface area contributed by atoms with Gasteiger partial charge in [0.15, 0.2) is 0 Å². The van der Waals surface area contributed by atoms with Gasteiger partial charge in [-0.25, -0.2) is 0 Å². The van der Waals surface area contributed by atoms with Crippen molar-refractivity contribution >= 4 is 5.57 Å². The molecule has 13 heavy (non-hydrogen) atoms. The molecule has 68 valence electrons. The highest BCUT2D eigenvalue weighted by molar-refractivity contribution is 5.65. The molecule has 0 N–H and O–H groups in total. The van der Waals surface area contributed by atoms with Crippen LogP contribution in [-0.2, 0) is 0 Å². The summed E-state index contributed by atoms with van der Waals surface area (Å²) in [5, 5.41) is 0. The van der Waals surface area contributed by atoms with Gasteiger partial charge >= 0.3 is 0 Å². The largest absolute Gasteiger partial charge is 0.256 e. The Morgan fingerprint density at radius 3 is 2.69 bits per heavy atom. The minimum Gasteiger partial charge on any atom is -0.256 e. The zero-order valence-electron chi connectivity index (χ0n) is 8.46. The van der Waals surface area contributed by atoms with Gasteiger partial charge < -0.3 is 0 Å². The van der Waals surface area contributed by atoms with E-state index in [1.165, 1.54) is 11.1 Å². The molecule has 0 atom stereocenters. The van der Waals surface area contributed by atoms with Crippen LogP contribution in [0.2, 0.25) is 0 Å². The van der Waals surface area contributed by atoms with Crippen LogP contribution in [0.25, 0.3) is 5.57 Å². The SMILES string of the molecule is C=C(C)/C=C(/C)c1ncccc1C. The smallest absolute Gasteiger partial charge is 0.0687 e. The Bertz CT molecular complexity index is 348. The highest BCUT2D eigenvalue weighted by Gasteiger charge is 1.99. The summed E-state index contributed by atoms with van der Waals surface area (Å²) in [6, 6.07) is 4.02. The maximum absolute atomic E-state index is 4.32. The standard InChI is InChI=1S/C12H15N/c1-9(2)8-11(4)12-10(3)6-5-7-13-12/h5-8H,1H2,2-4H3/b11-8-. The molecule has 0 bridgehead atoms. The molecule has 1 rings (SSSR count). The first-order chi connectivity index (χ1) is 6.11. The van der Waals surface area contributed by atoms with Crippen molar-refractivity contribution in [1.29, 1.82) is 0 Å². The van der Waals surface area contributed by atoms with Gasteiger partial charge in [0, 0.05) is 6.20 Å². The number of aryl methyl sites for hydroxylation is 1. The summed E-state index contributed by atoms with van der Waals surface area (Å²) in [6.45, 7) is 9.96. The molecular formula is C12H15N. The van der Waals surface area contributed by atoms with Gasteiger partial charge in [-0.05, 0) is 38.0 Å². The van der Waals surface area contributed by atoms with Gasteiger partial charge in [0.25, 0.3) is 0 Å². The number of aromatic nitrogens is 1. The highest BCUT2D eigenvalue weighted by atomic mass is 14.7. The van der Waals surface area contributed by atoms with E-state index < -0.39 is 0 Å². The van der Waals surface area contributed by atoms with Crippen molar-refractivity contribution in [3.8, 4) is 0 Å². The molecule has 0 fully saturated rings. The van der Waals surface area contributed by atoms with Crippen LogP contribution in [0.5, 0.6) is 0 Å². The van der Waals surface area contributed by atoms with E-state index in [2.05, 4.69) is 37.6 Å². The molecule has 0 amide bonds. The Balaban J connectivity index is 3.08. The number of allylic oxidation sites excluding steroid dienone is 3. The summed E-state index contributed by atoms with van der Waals surface area (Å²) in [6.07, 6.45) is 3.87. The summed E-state index contributed by atoms with van der Waals surface area (Å²) in [5.41, 5.74) is 4.50. The number of rotatable bonds is 2. The van der Waals surface area contributed by atoms with Crippen LogP contribution in [0.3, 0.4) is 0 Å². The molecular weight excluding hydrogens is 158 g/mol. The van der Waals surface area contributed by atoms with Crippen LogP contribution in [0.1, 0.15) is 25.1 Å². The number of pyridine rings is 1. The molecule has 0 aliphatic carbocycles. The van der Waals surface area contributed by atoms with Gasteiger partial charge in [-0.15, -0.1) is 0 Å². The fourth-order valence-corrected chi connectivity index (χ4v) is 1.34. The lowest BCUT2D eigenvalue weighted by molar-refractivity contribution is 1.21. The zero-order valence-corrected chi connectivity index (χ0v) is 8.46. The first kappa shape index (κ1) is 9.72. The van der Waals surface area contributed by atoms with Crippen molar-refractivity contribution < 1.29 is 0 Å². The first-order valence-corrected chi connectivity index (χ1v) is 4.37. The lowest BCUT2D eigenvalue weighted by Crippen LogP contribution is -1.89. The van der Waals surface area contributed by atoms with Crippen LogP contribution < -0.4 is 0 Å². The quantitative estimate of drug-likeness (QED) is 0.625. The van der Waals surface area contributed by atoms with Gasteiger partial charge in [0.2, 0.25) is 0 Å². The minimum absolute atomic E-state index is 1.06. The average molecular weight is 173 g/mol. The third-order valence-electron chi connectivity index (χ3n) is 1.85. The Morgan fingerprint density at radius 2 is 2.15 bits per heavy atom. The normalized spacial score (nSPS) is 11.5. The van der Waals surface area contributed by atoms with Gasteiger partial charge in [0.05, 0.1) is 5.69 Å². The molecule has 0 spiro atoms. The summed E-state index contributed by atoms with van der Waals surface area (Å²) >= 11 is 0. The molecule has 0 aromatic carbocycles. The number of hydrogen-bond acceptors (Lipinski definition) is 1. The second kappa shape index (κ2) is 4.04. The predicted molar refractivity (Wildman–Crippen MR) is 57.4 cm³/mol. The average Bonchev–Trinajstić information content (AvgIpc) is 2.03. The molecule has 0 aliphatic heterocycles. The third-order valence-corrected chi connectivity index (χ3v) is 1.85. The maximum atomic E-state index is 4.32. The van der Waals surface area contributed by atoms with Crippen molar-refractivity contribution in [2.75, 3.05) is 0 Å². The Hall–Kier alpha value is -1.37. The van der Waals surface area contributed by atoms with Gasteiger partial charge in [-0.3, -0.25) is 4.98 Å². The Labute approximate surface area is 79.8 Å². The molecule has 1 nitrogen and oxygen atoms in total. The fraction of sp³-hybridized carbons (Fsp3) is 0.250. The second-order valence-electron chi connectivity index (χ2n) is 3.34. The molecule has 0 radical (unpaired) electrons. The second-order valence-corrected chi connectivity index (χ2v) is 3.34. The Kier molecular flexibility index (Phi) is 3.02. The molecule has 1 aromatic heterocycles. The van der Waals surface area contributed by atoms with Gasteiger partial charge in [0.1, 0.15) is 0 Å². The van der Waals surface area contributed by atoms with Crippen molar-refractivity contribution in [3.63, 3.8) is 0 Å². The molecule has 1 aromatic rings. The first-order valence-electron chi connectivity index (χ1n) is 4.37. The monoisotopic (exact) mass is 173 g/mol. The van der Waals surface area contributed by atoms with Crippen molar-refractivity contribution in [3.05, 3.63) is 47.8 Å². The number of hydrogen-bond donors (Lipinski definition) is 0. The maximum Gasteiger partial charge on any atom is 0.0687 e. The number of nitrogens with zero attached hydrogens (tertiary/aromatic N) is 1. The minimum atomic E-state index is 1.06. The highest BCUT2D eigenvalue weighted by Crippen LogP contribution is 2.16. The predicted octanol–water partition coefficient (Wildman–Crippen LogP) is 3.37. The molecule has 1 heterocycles.